The lowest BCUT2D eigenvalue weighted by atomic mass is 9.86. The highest BCUT2D eigenvalue weighted by Gasteiger charge is 2.44. The van der Waals surface area contributed by atoms with Gasteiger partial charge in [0, 0.05) is 18.2 Å². The van der Waals surface area contributed by atoms with E-state index >= 15 is 0 Å². The average Bonchev–Trinajstić information content (AvgIpc) is 2.39. The minimum Gasteiger partial charge on any atom is -0.301 e. The van der Waals surface area contributed by atoms with Crippen molar-refractivity contribution < 1.29 is 13.2 Å². The van der Waals surface area contributed by atoms with E-state index < -0.39 is 23.4 Å². The summed E-state index contributed by atoms with van der Waals surface area (Å²) in [6.07, 6.45) is 1.97. The zero-order chi connectivity index (χ0) is 14.0. The molecule has 19 heavy (non-hydrogen) atoms. The molecule has 0 amide bonds. The molecule has 1 saturated heterocycles. The molecule has 0 aromatic carbocycles. The van der Waals surface area contributed by atoms with Crippen LogP contribution in [0.2, 0.25) is 0 Å². The van der Waals surface area contributed by atoms with Gasteiger partial charge >= 0.3 is 0 Å². The van der Waals surface area contributed by atoms with Gasteiger partial charge in [0.2, 0.25) is 5.95 Å². The lowest BCUT2D eigenvalue weighted by Gasteiger charge is -2.37. The van der Waals surface area contributed by atoms with Gasteiger partial charge in [0.25, 0.3) is 5.92 Å². The molecule has 106 valence electrons. The second-order valence-electron chi connectivity index (χ2n) is 5.37. The van der Waals surface area contributed by atoms with Crippen molar-refractivity contribution in [2.45, 2.75) is 38.7 Å². The van der Waals surface area contributed by atoms with Crippen molar-refractivity contribution in [3.8, 4) is 0 Å². The minimum atomic E-state index is -3.14. The van der Waals surface area contributed by atoms with Gasteiger partial charge in [0.05, 0.1) is 5.56 Å². The summed E-state index contributed by atoms with van der Waals surface area (Å²) in [6, 6.07) is 2.86. The minimum absolute atomic E-state index is 0.365. The quantitative estimate of drug-likeness (QED) is 0.784. The average molecular weight is 272 g/mol. The Morgan fingerprint density at radius 2 is 1.95 bits per heavy atom. The normalized spacial score (nSPS) is 19.1. The molecule has 0 radical (unpaired) electrons. The summed E-state index contributed by atoms with van der Waals surface area (Å²) >= 11 is 0. The molecule has 2 heterocycles. The number of halogens is 3. The van der Waals surface area contributed by atoms with Crippen LogP contribution in [-0.4, -0.2) is 29.0 Å². The first-order chi connectivity index (χ1) is 8.93. The largest absolute Gasteiger partial charge is 0.301 e. The Morgan fingerprint density at radius 3 is 2.47 bits per heavy atom. The molecule has 0 spiro atoms. The first kappa shape index (κ1) is 14.3. The summed E-state index contributed by atoms with van der Waals surface area (Å²) in [5.74, 6) is -5.00. The summed E-state index contributed by atoms with van der Waals surface area (Å²) in [5, 5.41) is 0. The molecule has 0 bridgehead atoms. The van der Waals surface area contributed by atoms with Gasteiger partial charge < -0.3 is 4.90 Å². The van der Waals surface area contributed by atoms with Crippen LogP contribution in [0.5, 0.6) is 0 Å². The molecule has 1 aromatic rings. The number of piperidine rings is 1. The molecule has 0 saturated carbocycles. The summed E-state index contributed by atoms with van der Waals surface area (Å²) in [7, 11) is 0. The van der Waals surface area contributed by atoms with E-state index in [1.807, 2.05) is 0 Å². The maximum atomic E-state index is 14.3. The van der Waals surface area contributed by atoms with Gasteiger partial charge in [-0.05, 0) is 51.9 Å². The molecule has 1 aromatic heterocycles. The summed E-state index contributed by atoms with van der Waals surface area (Å²) < 4.78 is 42.1. The highest BCUT2D eigenvalue weighted by molar-refractivity contribution is 5.18. The first-order valence-corrected chi connectivity index (χ1v) is 6.65. The third kappa shape index (κ3) is 2.91. The molecule has 1 aliphatic rings. The fourth-order valence-electron chi connectivity index (χ4n) is 2.63. The third-order valence-electron chi connectivity index (χ3n) is 3.89. The zero-order valence-electron chi connectivity index (χ0n) is 11.2. The Kier molecular flexibility index (Phi) is 4.13. The van der Waals surface area contributed by atoms with Gasteiger partial charge in [-0.25, -0.2) is 13.8 Å². The Labute approximate surface area is 111 Å². The van der Waals surface area contributed by atoms with Gasteiger partial charge in [0.15, 0.2) is 0 Å². The number of hydrogen-bond donors (Lipinski definition) is 0. The van der Waals surface area contributed by atoms with E-state index in [0.29, 0.717) is 32.0 Å². The monoisotopic (exact) mass is 272 g/mol. The molecule has 2 nitrogen and oxygen atoms in total. The maximum absolute atomic E-state index is 14.3. The Bertz CT molecular complexity index is 426. The number of nitrogens with zero attached hydrogens (tertiary/aromatic N) is 2. The molecular weight excluding hydrogens is 253 g/mol. The van der Waals surface area contributed by atoms with E-state index in [1.54, 1.807) is 0 Å². The van der Waals surface area contributed by atoms with E-state index in [2.05, 4.69) is 23.7 Å². The Balaban J connectivity index is 2.12. The van der Waals surface area contributed by atoms with Crippen molar-refractivity contribution in [2.75, 3.05) is 13.1 Å². The van der Waals surface area contributed by atoms with Crippen molar-refractivity contribution in [2.24, 2.45) is 5.92 Å². The third-order valence-corrected chi connectivity index (χ3v) is 3.89. The van der Waals surface area contributed by atoms with E-state index in [-0.39, 0.29) is 0 Å². The van der Waals surface area contributed by atoms with Crippen LogP contribution in [0.3, 0.4) is 0 Å². The number of likely N-dealkylation sites (tertiary alicyclic amines) is 1. The molecule has 0 aliphatic carbocycles. The highest BCUT2D eigenvalue weighted by atomic mass is 19.3. The Morgan fingerprint density at radius 1 is 1.32 bits per heavy atom. The topological polar surface area (TPSA) is 16.1 Å². The first-order valence-electron chi connectivity index (χ1n) is 6.65. The predicted octanol–water partition coefficient (Wildman–Crippen LogP) is 3.43. The van der Waals surface area contributed by atoms with Gasteiger partial charge in [-0.1, -0.05) is 0 Å². The predicted molar refractivity (Wildman–Crippen MR) is 67.5 cm³/mol. The number of aromatic nitrogens is 1. The van der Waals surface area contributed by atoms with E-state index in [4.69, 9.17) is 0 Å². The van der Waals surface area contributed by atoms with Crippen LogP contribution in [0, 0.1) is 11.9 Å². The molecule has 5 heteroatoms. The maximum Gasteiger partial charge on any atom is 0.280 e. The van der Waals surface area contributed by atoms with Crippen LogP contribution in [0.1, 0.15) is 32.3 Å². The fourth-order valence-corrected chi connectivity index (χ4v) is 2.63. The van der Waals surface area contributed by atoms with Gasteiger partial charge in [0.1, 0.15) is 0 Å². The van der Waals surface area contributed by atoms with Crippen molar-refractivity contribution in [1.82, 2.24) is 9.88 Å². The zero-order valence-corrected chi connectivity index (χ0v) is 11.2. The van der Waals surface area contributed by atoms with Crippen molar-refractivity contribution in [3.63, 3.8) is 0 Å². The highest BCUT2D eigenvalue weighted by Crippen LogP contribution is 2.42. The van der Waals surface area contributed by atoms with E-state index in [1.165, 1.54) is 12.3 Å². The van der Waals surface area contributed by atoms with Crippen LogP contribution in [-0.2, 0) is 5.92 Å². The van der Waals surface area contributed by atoms with Crippen LogP contribution >= 0.6 is 0 Å². The Hall–Kier alpha value is -1.10. The van der Waals surface area contributed by atoms with Crippen molar-refractivity contribution in [3.05, 3.63) is 29.8 Å². The molecule has 1 aliphatic heterocycles. The van der Waals surface area contributed by atoms with Crippen LogP contribution in [0.25, 0.3) is 0 Å². The molecule has 0 atom stereocenters. The molecule has 0 N–H and O–H groups in total. The number of rotatable bonds is 3. The number of hydrogen-bond acceptors (Lipinski definition) is 2. The van der Waals surface area contributed by atoms with Crippen LogP contribution < -0.4 is 0 Å². The second-order valence-corrected chi connectivity index (χ2v) is 5.37. The van der Waals surface area contributed by atoms with Gasteiger partial charge in [-0.15, -0.1) is 0 Å². The smallest absolute Gasteiger partial charge is 0.280 e. The lowest BCUT2D eigenvalue weighted by molar-refractivity contribution is -0.0903. The van der Waals surface area contributed by atoms with E-state index in [0.717, 1.165) is 6.07 Å². The standard InChI is InChI=1S/C14H19F3N2/c1-10(2)19-8-5-11(6-9-19)14(16,17)12-4-3-7-18-13(12)15/h3-4,7,10-11H,5-6,8-9H2,1-2H3. The van der Waals surface area contributed by atoms with Gasteiger partial charge in [-0.2, -0.15) is 4.39 Å². The van der Waals surface area contributed by atoms with Crippen LogP contribution in [0.15, 0.2) is 18.3 Å². The summed E-state index contributed by atoms with van der Waals surface area (Å²) in [5.41, 5.74) is -0.571. The second kappa shape index (κ2) is 5.49. The number of alkyl halides is 2. The summed E-state index contributed by atoms with van der Waals surface area (Å²) in [6.45, 7) is 5.39. The number of pyridine rings is 1. The SMILES string of the molecule is CC(C)N1CCC(C(F)(F)c2cccnc2F)CC1. The fraction of sp³-hybridized carbons (Fsp3) is 0.643. The van der Waals surface area contributed by atoms with Crippen molar-refractivity contribution in [1.29, 1.82) is 0 Å². The van der Waals surface area contributed by atoms with Crippen molar-refractivity contribution >= 4 is 0 Å². The lowest BCUT2D eigenvalue weighted by Crippen LogP contribution is -2.42. The van der Waals surface area contributed by atoms with Gasteiger partial charge in [-0.3, -0.25) is 0 Å². The molecule has 2 rings (SSSR count). The summed E-state index contributed by atoms with van der Waals surface area (Å²) in [4.78, 5) is 5.50. The molecule has 0 unspecified atom stereocenters. The van der Waals surface area contributed by atoms with E-state index in [9.17, 15) is 13.2 Å². The molecular formula is C14H19F3N2. The van der Waals surface area contributed by atoms with Crippen LogP contribution in [0.4, 0.5) is 13.2 Å². The molecule has 1 fully saturated rings.